The number of hydrogen-bond donors (Lipinski definition) is 1. The molecule has 0 heterocycles. The average Bonchev–Trinajstić information content (AvgIpc) is 2.67. The summed E-state index contributed by atoms with van der Waals surface area (Å²) in [6.07, 6.45) is 12.4. The molecule has 2 saturated carbocycles. The fraction of sp³-hybridized carbons (Fsp3) is 0.625. The summed E-state index contributed by atoms with van der Waals surface area (Å²) in [4.78, 5) is 11.5. The normalized spacial score (nSPS) is 30.5. The van der Waals surface area contributed by atoms with Gasteiger partial charge in [-0.3, -0.25) is 4.79 Å². The van der Waals surface area contributed by atoms with Crippen LogP contribution in [0.2, 0.25) is 0 Å². The average molecular weight is 355 g/mol. The van der Waals surface area contributed by atoms with Crippen molar-refractivity contribution in [2.75, 3.05) is 0 Å². The summed E-state index contributed by atoms with van der Waals surface area (Å²) in [5.41, 5.74) is 2.86. The lowest BCUT2D eigenvalue weighted by Crippen LogP contribution is -2.30. The van der Waals surface area contributed by atoms with Gasteiger partial charge in [0, 0.05) is 0 Å². The molecular formula is C24H34O2. The standard InChI is InChI=1S/C24H34O2/c1-3-4-23(24(25)26)22-15-13-21(14-16-22)20-11-9-19(10-12-20)18-7-5-17(2)6-8-18/h3,5-8,19-23H,1,4,9-16H2,2H3,(H,25,26)/t19-,20-,21?,22?,23?. The van der Waals surface area contributed by atoms with Gasteiger partial charge >= 0.3 is 5.97 Å². The lowest BCUT2D eigenvalue weighted by atomic mass is 9.66. The molecule has 0 aromatic heterocycles. The molecule has 0 amide bonds. The second-order valence-electron chi connectivity index (χ2n) is 8.67. The minimum atomic E-state index is -0.632. The highest BCUT2D eigenvalue weighted by Gasteiger charge is 2.35. The first kappa shape index (κ1) is 19.2. The number of rotatable bonds is 6. The SMILES string of the molecule is C=CCC(C(=O)O)C1CCC([C@H]2CC[C@H](c3ccc(C)cc3)CC2)CC1. The lowest BCUT2D eigenvalue weighted by Gasteiger charge is -2.39. The Balaban J connectivity index is 1.48. The van der Waals surface area contributed by atoms with Crippen LogP contribution in [0.25, 0.3) is 0 Å². The fourth-order valence-electron chi connectivity index (χ4n) is 5.46. The Kier molecular flexibility index (Phi) is 6.56. The van der Waals surface area contributed by atoms with Gasteiger partial charge in [0.25, 0.3) is 0 Å². The van der Waals surface area contributed by atoms with E-state index in [1.807, 2.05) is 0 Å². The molecule has 0 saturated heterocycles. The first-order valence-electron chi connectivity index (χ1n) is 10.5. The van der Waals surface area contributed by atoms with Gasteiger partial charge in [0.05, 0.1) is 5.92 Å². The Bertz CT molecular complexity index is 587. The number of aliphatic carboxylic acids is 1. The summed E-state index contributed by atoms with van der Waals surface area (Å²) in [6, 6.07) is 9.12. The maximum Gasteiger partial charge on any atom is 0.307 e. The van der Waals surface area contributed by atoms with E-state index >= 15 is 0 Å². The molecule has 1 N–H and O–H groups in total. The Morgan fingerprint density at radius 1 is 1.04 bits per heavy atom. The van der Waals surface area contributed by atoms with Gasteiger partial charge in [-0.25, -0.2) is 0 Å². The van der Waals surface area contributed by atoms with Crippen molar-refractivity contribution < 1.29 is 9.90 Å². The highest BCUT2D eigenvalue weighted by molar-refractivity contribution is 5.70. The predicted octanol–water partition coefficient (Wildman–Crippen LogP) is 6.35. The molecule has 3 rings (SSSR count). The molecular weight excluding hydrogens is 320 g/mol. The molecule has 1 aromatic rings. The Morgan fingerprint density at radius 2 is 1.58 bits per heavy atom. The van der Waals surface area contributed by atoms with Crippen LogP contribution in [0, 0.1) is 30.6 Å². The van der Waals surface area contributed by atoms with Gasteiger partial charge in [0.1, 0.15) is 0 Å². The summed E-state index contributed by atoms with van der Waals surface area (Å²) in [6.45, 7) is 5.89. The van der Waals surface area contributed by atoms with Crippen LogP contribution in [-0.2, 0) is 4.79 Å². The maximum absolute atomic E-state index is 11.5. The predicted molar refractivity (Wildman–Crippen MR) is 107 cm³/mol. The van der Waals surface area contributed by atoms with Crippen molar-refractivity contribution in [2.24, 2.45) is 23.7 Å². The van der Waals surface area contributed by atoms with Gasteiger partial charge in [-0.05, 0) is 93.9 Å². The van der Waals surface area contributed by atoms with Gasteiger partial charge < -0.3 is 5.11 Å². The number of benzene rings is 1. The molecule has 2 aliphatic rings. The molecule has 2 fully saturated rings. The number of carboxylic acid groups (broad SMARTS) is 1. The van der Waals surface area contributed by atoms with Crippen LogP contribution in [0.15, 0.2) is 36.9 Å². The van der Waals surface area contributed by atoms with E-state index in [1.54, 1.807) is 6.08 Å². The van der Waals surface area contributed by atoms with Gasteiger partial charge in [-0.1, -0.05) is 35.9 Å². The van der Waals surface area contributed by atoms with Crippen molar-refractivity contribution in [1.29, 1.82) is 0 Å². The quantitative estimate of drug-likeness (QED) is 0.604. The molecule has 2 heteroatoms. The zero-order valence-corrected chi connectivity index (χ0v) is 16.2. The van der Waals surface area contributed by atoms with Crippen molar-refractivity contribution in [3.8, 4) is 0 Å². The molecule has 0 bridgehead atoms. The van der Waals surface area contributed by atoms with Crippen LogP contribution in [0.5, 0.6) is 0 Å². The second kappa shape index (κ2) is 8.88. The van der Waals surface area contributed by atoms with Crippen molar-refractivity contribution in [3.63, 3.8) is 0 Å². The first-order chi connectivity index (χ1) is 12.6. The van der Waals surface area contributed by atoms with Crippen molar-refractivity contribution in [3.05, 3.63) is 48.0 Å². The number of carbonyl (C=O) groups is 1. The number of hydrogen-bond acceptors (Lipinski definition) is 1. The van der Waals surface area contributed by atoms with E-state index in [9.17, 15) is 9.90 Å². The topological polar surface area (TPSA) is 37.3 Å². The lowest BCUT2D eigenvalue weighted by molar-refractivity contribution is -0.144. The second-order valence-corrected chi connectivity index (χ2v) is 8.67. The summed E-state index contributed by atoms with van der Waals surface area (Å²) in [5.74, 6) is 1.93. The van der Waals surface area contributed by atoms with E-state index in [0.717, 1.165) is 30.6 Å². The smallest absolute Gasteiger partial charge is 0.307 e. The Hall–Kier alpha value is -1.57. The molecule has 1 unspecified atom stereocenters. The molecule has 0 radical (unpaired) electrons. The molecule has 2 aliphatic carbocycles. The van der Waals surface area contributed by atoms with E-state index in [0.29, 0.717) is 12.3 Å². The fourth-order valence-corrected chi connectivity index (χ4v) is 5.46. The van der Waals surface area contributed by atoms with Crippen LogP contribution in [-0.4, -0.2) is 11.1 Å². The van der Waals surface area contributed by atoms with Crippen molar-refractivity contribution >= 4 is 5.97 Å². The minimum absolute atomic E-state index is 0.217. The highest BCUT2D eigenvalue weighted by atomic mass is 16.4. The number of aryl methyl sites for hydroxylation is 1. The van der Waals surface area contributed by atoms with E-state index in [2.05, 4.69) is 37.8 Å². The van der Waals surface area contributed by atoms with Crippen molar-refractivity contribution in [1.82, 2.24) is 0 Å². The zero-order valence-electron chi connectivity index (χ0n) is 16.2. The van der Waals surface area contributed by atoms with E-state index < -0.39 is 5.97 Å². The van der Waals surface area contributed by atoms with Gasteiger partial charge in [-0.15, -0.1) is 6.58 Å². The maximum atomic E-state index is 11.5. The third-order valence-corrected chi connectivity index (χ3v) is 7.11. The van der Waals surface area contributed by atoms with Crippen LogP contribution >= 0.6 is 0 Å². The van der Waals surface area contributed by atoms with Crippen molar-refractivity contribution in [2.45, 2.75) is 70.6 Å². The van der Waals surface area contributed by atoms with E-state index in [1.165, 1.54) is 49.7 Å². The molecule has 1 atom stereocenters. The molecule has 26 heavy (non-hydrogen) atoms. The highest BCUT2D eigenvalue weighted by Crippen LogP contribution is 2.45. The molecule has 1 aromatic carbocycles. The summed E-state index contributed by atoms with van der Waals surface area (Å²) >= 11 is 0. The third-order valence-electron chi connectivity index (χ3n) is 7.11. The van der Waals surface area contributed by atoms with E-state index in [-0.39, 0.29) is 5.92 Å². The number of allylic oxidation sites excluding steroid dienone is 1. The van der Waals surface area contributed by atoms with Crippen LogP contribution in [0.1, 0.15) is 74.8 Å². The molecule has 0 spiro atoms. The molecule has 0 aliphatic heterocycles. The summed E-state index contributed by atoms with van der Waals surface area (Å²) in [7, 11) is 0. The minimum Gasteiger partial charge on any atom is -0.481 e. The monoisotopic (exact) mass is 354 g/mol. The molecule has 142 valence electrons. The van der Waals surface area contributed by atoms with Gasteiger partial charge in [0.2, 0.25) is 0 Å². The van der Waals surface area contributed by atoms with Crippen LogP contribution in [0.4, 0.5) is 0 Å². The first-order valence-corrected chi connectivity index (χ1v) is 10.5. The Labute approximate surface area is 158 Å². The largest absolute Gasteiger partial charge is 0.481 e. The number of carboxylic acids is 1. The Morgan fingerprint density at radius 3 is 2.08 bits per heavy atom. The summed E-state index contributed by atoms with van der Waals surface area (Å²) < 4.78 is 0. The zero-order chi connectivity index (χ0) is 18.5. The van der Waals surface area contributed by atoms with Crippen LogP contribution in [0.3, 0.4) is 0 Å². The summed E-state index contributed by atoms with van der Waals surface area (Å²) in [5, 5.41) is 9.48. The van der Waals surface area contributed by atoms with E-state index in [4.69, 9.17) is 0 Å². The molecule has 2 nitrogen and oxygen atoms in total. The van der Waals surface area contributed by atoms with Gasteiger partial charge in [0.15, 0.2) is 0 Å². The third kappa shape index (κ3) is 4.58. The van der Waals surface area contributed by atoms with Crippen LogP contribution < -0.4 is 0 Å². The van der Waals surface area contributed by atoms with Gasteiger partial charge in [-0.2, -0.15) is 0 Å².